The van der Waals surface area contributed by atoms with Crippen LogP contribution in [0.5, 0.6) is 0 Å². The summed E-state index contributed by atoms with van der Waals surface area (Å²) in [4.78, 5) is 0.396. The maximum absolute atomic E-state index is 13.2. The molecule has 2 aromatic carbocycles. The zero-order chi connectivity index (χ0) is 19.0. The van der Waals surface area contributed by atoms with Gasteiger partial charge in [0.2, 0.25) is 10.0 Å². The molecule has 0 N–H and O–H groups in total. The van der Waals surface area contributed by atoms with Crippen LogP contribution in [0, 0.1) is 12.8 Å². The van der Waals surface area contributed by atoms with Gasteiger partial charge in [-0.05, 0) is 37.5 Å². The molecule has 27 heavy (non-hydrogen) atoms. The summed E-state index contributed by atoms with van der Waals surface area (Å²) < 4.78 is 34.4. The van der Waals surface area contributed by atoms with Gasteiger partial charge in [-0.2, -0.15) is 4.31 Å². The molecule has 0 radical (unpaired) electrons. The van der Waals surface area contributed by atoms with Gasteiger partial charge in [-0.15, -0.1) is 0 Å². The summed E-state index contributed by atoms with van der Waals surface area (Å²) in [5.74, 6) is 0.496. The summed E-state index contributed by atoms with van der Waals surface area (Å²) in [6.07, 6.45) is 1.69. The third-order valence-corrected chi connectivity index (χ3v) is 8.08. The zero-order valence-corrected chi connectivity index (χ0v) is 16.7. The Morgan fingerprint density at radius 1 is 1.04 bits per heavy atom. The van der Waals surface area contributed by atoms with Crippen molar-refractivity contribution in [3.8, 4) is 0 Å². The highest BCUT2D eigenvalue weighted by Gasteiger charge is 2.48. The average Bonchev–Trinajstić information content (AvgIpc) is 3.13. The molecule has 0 saturated carbocycles. The van der Waals surface area contributed by atoms with E-state index in [0.29, 0.717) is 18.0 Å². The van der Waals surface area contributed by atoms with Crippen molar-refractivity contribution < 1.29 is 13.2 Å². The van der Waals surface area contributed by atoms with Gasteiger partial charge >= 0.3 is 0 Å². The number of aryl methyl sites for hydroxylation is 1. The minimum absolute atomic E-state index is 0.0289. The van der Waals surface area contributed by atoms with Crippen molar-refractivity contribution in [2.75, 3.05) is 13.2 Å². The highest BCUT2D eigenvalue weighted by molar-refractivity contribution is 7.89. The van der Waals surface area contributed by atoms with Crippen LogP contribution >= 0.6 is 0 Å². The summed E-state index contributed by atoms with van der Waals surface area (Å²) in [5.41, 5.74) is 2.32. The second-order valence-corrected chi connectivity index (χ2v) is 9.66. The number of ether oxygens (including phenoxy) is 1. The van der Waals surface area contributed by atoms with E-state index in [4.69, 9.17) is 4.74 Å². The van der Waals surface area contributed by atoms with Gasteiger partial charge in [0.15, 0.2) is 0 Å². The predicted molar refractivity (Wildman–Crippen MR) is 106 cm³/mol. The molecule has 0 bridgehead atoms. The lowest BCUT2D eigenvalue weighted by Crippen LogP contribution is -2.46. The molecule has 4 nitrogen and oxygen atoms in total. The van der Waals surface area contributed by atoms with Crippen molar-refractivity contribution in [2.24, 2.45) is 5.92 Å². The topological polar surface area (TPSA) is 46.6 Å². The van der Waals surface area contributed by atoms with Crippen LogP contribution in [0.2, 0.25) is 0 Å². The molecule has 0 aromatic heterocycles. The van der Waals surface area contributed by atoms with Crippen molar-refractivity contribution in [3.05, 3.63) is 65.7 Å². The SMILES string of the molecule is Cc1ccc(S(=O)(=O)N2CC[C@@H]3[C@H](C(C)c4ccccc4)OCC[C@@H]32)cc1. The second kappa shape index (κ2) is 7.38. The molecule has 144 valence electrons. The van der Waals surface area contributed by atoms with E-state index < -0.39 is 10.0 Å². The lowest BCUT2D eigenvalue weighted by Gasteiger charge is -2.39. The Labute approximate surface area is 162 Å². The number of fused-ring (bicyclic) bond motifs is 1. The Bertz CT molecular complexity index is 880. The number of nitrogens with zero attached hydrogens (tertiary/aromatic N) is 1. The number of benzene rings is 2. The van der Waals surface area contributed by atoms with Gasteiger partial charge in [0.1, 0.15) is 0 Å². The third kappa shape index (κ3) is 3.44. The minimum atomic E-state index is -3.46. The molecule has 1 unspecified atom stereocenters. The van der Waals surface area contributed by atoms with E-state index in [9.17, 15) is 8.42 Å². The van der Waals surface area contributed by atoms with Gasteiger partial charge in [-0.1, -0.05) is 55.0 Å². The van der Waals surface area contributed by atoms with E-state index in [2.05, 4.69) is 31.2 Å². The van der Waals surface area contributed by atoms with Crippen molar-refractivity contribution in [1.29, 1.82) is 0 Å². The zero-order valence-electron chi connectivity index (χ0n) is 15.9. The van der Waals surface area contributed by atoms with E-state index >= 15 is 0 Å². The van der Waals surface area contributed by atoms with Gasteiger partial charge in [-0.3, -0.25) is 0 Å². The van der Waals surface area contributed by atoms with Crippen LogP contribution in [0.15, 0.2) is 59.5 Å². The van der Waals surface area contributed by atoms with E-state index in [-0.39, 0.29) is 24.0 Å². The van der Waals surface area contributed by atoms with Gasteiger partial charge in [0, 0.05) is 31.0 Å². The fourth-order valence-corrected chi connectivity index (χ4v) is 6.36. The Morgan fingerprint density at radius 2 is 1.74 bits per heavy atom. The molecule has 2 fully saturated rings. The van der Waals surface area contributed by atoms with Gasteiger partial charge in [0.05, 0.1) is 11.0 Å². The molecular weight excluding hydrogens is 358 g/mol. The molecule has 4 atom stereocenters. The molecule has 0 amide bonds. The molecule has 2 aliphatic heterocycles. The van der Waals surface area contributed by atoms with Crippen molar-refractivity contribution in [2.45, 2.75) is 49.6 Å². The fraction of sp³-hybridized carbons (Fsp3) is 0.455. The Morgan fingerprint density at radius 3 is 2.44 bits per heavy atom. The normalized spacial score (nSPS) is 27.3. The van der Waals surface area contributed by atoms with Crippen molar-refractivity contribution in [1.82, 2.24) is 4.31 Å². The summed E-state index contributed by atoms with van der Waals surface area (Å²) in [5, 5.41) is 0. The standard InChI is InChI=1S/C22H27NO3S/c1-16-8-10-19(11-9-16)27(24,25)23-14-12-20-21(23)13-15-26-22(20)17(2)18-6-4-3-5-7-18/h3-11,17,20-22H,12-15H2,1-2H3/t17?,20-,21-,22-/m0/s1. The Kier molecular flexibility index (Phi) is 5.10. The highest BCUT2D eigenvalue weighted by Crippen LogP contribution is 2.42. The van der Waals surface area contributed by atoms with Gasteiger partial charge in [0.25, 0.3) is 0 Å². The van der Waals surface area contributed by atoms with Crippen LogP contribution in [-0.2, 0) is 14.8 Å². The Hall–Kier alpha value is -1.69. The minimum Gasteiger partial charge on any atom is -0.377 e. The van der Waals surface area contributed by atoms with E-state index in [1.165, 1.54) is 5.56 Å². The third-order valence-electron chi connectivity index (χ3n) is 6.14. The van der Waals surface area contributed by atoms with Crippen LogP contribution in [0.3, 0.4) is 0 Å². The molecule has 2 heterocycles. The van der Waals surface area contributed by atoms with Gasteiger partial charge in [-0.25, -0.2) is 8.42 Å². The first-order valence-electron chi connectivity index (χ1n) is 9.73. The van der Waals surface area contributed by atoms with Crippen molar-refractivity contribution in [3.63, 3.8) is 0 Å². The maximum Gasteiger partial charge on any atom is 0.243 e. The van der Waals surface area contributed by atoms with E-state index in [0.717, 1.165) is 18.4 Å². The molecule has 2 aliphatic rings. The first-order valence-corrected chi connectivity index (χ1v) is 11.2. The first-order chi connectivity index (χ1) is 13.0. The predicted octanol–water partition coefficient (Wildman–Crippen LogP) is 3.97. The molecule has 2 aromatic rings. The highest BCUT2D eigenvalue weighted by atomic mass is 32.2. The van der Waals surface area contributed by atoms with Crippen LogP contribution in [0.1, 0.15) is 36.8 Å². The molecule has 2 saturated heterocycles. The van der Waals surface area contributed by atoms with E-state index in [1.807, 2.05) is 25.1 Å². The van der Waals surface area contributed by atoms with Crippen molar-refractivity contribution >= 4 is 10.0 Å². The fourth-order valence-electron chi connectivity index (χ4n) is 4.64. The lowest BCUT2D eigenvalue weighted by atomic mass is 9.81. The van der Waals surface area contributed by atoms with Crippen LogP contribution < -0.4 is 0 Å². The number of rotatable bonds is 4. The smallest absolute Gasteiger partial charge is 0.243 e. The average molecular weight is 386 g/mol. The Balaban J connectivity index is 1.58. The molecule has 4 rings (SSSR count). The van der Waals surface area contributed by atoms with Crippen LogP contribution in [-0.4, -0.2) is 38.0 Å². The lowest BCUT2D eigenvalue weighted by molar-refractivity contribution is -0.0507. The molecule has 0 spiro atoms. The maximum atomic E-state index is 13.2. The van der Waals surface area contributed by atoms with E-state index in [1.54, 1.807) is 16.4 Å². The number of hydrogen-bond acceptors (Lipinski definition) is 3. The first kappa shape index (κ1) is 18.7. The quantitative estimate of drug-likeness (QED) is 0.800. The number of hydrogen-bond donors (Lipinski definition) is 0. The second-order valence-electron chi connectivity index (χ2n) is 7.77. The summed E-state index contributed by atoms with van der Waals surface area (Å²) >= 11 is 0. The summed E-state index contributed by atoms with van der Waals surface area (Å²) in [6.45, 7) is 5.35. The summed E-state index contributed by atoms with van der Waals surface area (Å²) in [6, 6.07) is 17.6. The molecular formula is C22H27NO3S. The monoisotopic (exact) mass is 385 g/mol. The van der Waals surface area contributed by atoms with Crippen LogP contribution in [0.4, 0.5) is 0 Å². The summed E-state index contributed by atoms with van der Waals surface area (Å²) in [7, 11) is -3.46. The molecule has 0 aliphatic carbocycles. The number of sulfonamides is 1. The van der Waals surface area contributed by atoms with Crippen LogP contribution in [0.25, 0.3) is 0 Å². The molecule has 5 heteroatoms. The van der Waals surface area contributed by atoms with Gasteiger partial charge < -0.3 is 4.74 Å². The largest absolute Gasteiger partial charge is 0.377 e.